The van der Waals surface area contributed by atoms with Gasteiger partial charge in [-0.15, -0.1) is 0 Å². The molecule has 138 valence electrons. The van der Waals surface area contributed by atoms with E-state index >= 15 is 0 Å². The average molecular weight is 469 g/mol. The van der Waals surface area contributed by atoms with Crippen molar-refractivity contribution >= 4 is 56.2 Å². The molecule has 0 radical (unpaired) electrons. The summed E-state index contributed by atoms with van der Waals surface area (Å²) in [5.41, 5.74) is 6.80. The summed E-state index contributed by atoms with van der Waals surface area (Å²) in [5, 5.41) is 2.35. The number of aryl methyl sites for hydroxylation is 1. The van der Waals surface area contributed by atoms with E-state index in [-0.39, 0.29) is 5.41 Å². The summed E-state index contributed by atoms with van der Waals surface area (Å²) in [6.45, 7) is 8.88. The molecule has 27 heavy (non-hydrogen) atoms. The van der Waals surface area contributed by atoms with Gasteiger partial charge < -0.3 is 4.42 Å². The molecule has 0 aliphatic heterocycles. The van der Waals surface area contributed by atoms with Crippen LogP contribution >= 0.6 is 22.9 Å². The van der Waals surface area contributed by atoms with Crippen molar-refractivity contribution in [3.05, 3.63) is 71.8 Å². The molecular formula is C24H24INO. The number of anilines is 2. The third-order valence-electron chi connectivity index (χ3n) is 5.09. The van der Waals surface area contributed by atoms with E-state index in [4.69, 9.17) is 4.42 Å². The molecule has 4 rings (SSSR count). The van der Waals surface area contributed by atoms with Crippen molar-refractivity contribution in [3.63, 3.8) is 0 Å². The van der Waals surface area contributed by atoms with Crippen molar-refractivity contribution < 1.29 is 4.42 Å². The zero-order valence-corrected chi connectivity index (χ0v) is 18.4. The maximum Gasteiger partial charge on any atom is 0.159 e. The second kappa shape index (κ2) is 6.86. The highest BCUT2D eigenvalue weighted by Gasteiger charge is 2.22. The summed E-state index contributed by atoms with van der Waals surface area (Å²) in [4.78, 5) is 0. The standard InChI is InChI=1S/C24H24INO/c1-5-16-12-14-17(15-13-16)26(25)21-11-7-9-19-18-8-6-10-20(24(2,3)4)22(18)27-23(19)21/h6-15H,5H2,1-4H3. The number of rotatable bonds is 3. The van der Waals surface area contributed by atoms with Crippen LogP contribution < -0.4 is 3.11 Å². The van der Waals surface area contributed by atoms with E-state index in [2.05, 4.69) is 114 Å². The lowest BCUT2D eigenvalue weighted by atomic mass is 9.86. The second-order valence-corrected chi connectivity index (χ2v) is 8.95. The van der Waals surface area contributed by atoms with Gasteiger partial charge >= 0.3 is 0 Å². The Morgan fingerprint density at radius 2 is 1.48 bits per heavy atom. The molecule has 0 aliphatic carbocycles. The predicted octanol–water partition coefficient (Wildman–Crippen LogP) is 7.93. The Morgan fingerprint density at radius 1 is 0.852 bits per heavy atom. The highest BCUT2D eigenvalue weighted by Crippen LogP contribution is 2.42. The number of para-hydroxylation sites is 2. The van der Waals surface area contributed by atoms with Gasteiger partial charge in [-0.2, -0.15) is 0 Å². The van der Waals surface area contributed by atoms with Crippen LogP contribution in [0.2, 0.25) is 0 Å². The largest absolute Gasteiger partial charge is 0.454 e. The first kappa shape index (κ1) is 18.4. The highest BCUT2D eigenvalue weighted by atomic mass is 127. The minimum absolute atomic E-state index is 0.0353. The van der Waals surface area contributed by atoms with Crippen LogP contribution in [-0.4, -0.2) is 0 Å². The van der Waals surface area contributed by atoms with Crippen molar-refractivity contribution in [1.82, 2.24) is 0 Å². The number of halogens is 1. The number of hydrogen-bond acceptors (Lipinski definition) is 2. The lowest BCUT2D eigenvalue weighted by Crippen LogP contribution is -2.10. The molecule has 0 saturated carbocycles. The van der Waals surface area contributed by atoms with Gasteiger partial charge in [-0.25, -0.2) is 0 Å². The summed E-state index contributed by atoms with van der Waals surface area (Å²) in [6.07, 6.45) is 1.05. The number of nitrogens with zero attached hydrogens (tertiary/aromatic N) is 1. The molecule has 0 fully saturated rings. The molecule has 1 heterocycles. The van der Waals surface area contributed by atoms with Crippen LogP contribution in [-0.2, 0) is 11.8 Å². The molecule has 2 nitrogen and oxygen atoms in total. The zero-order chi connectivity index (χ0) is 19.2. The minimum Gasteiger partial charge on any atom is -0.454 e. The fraction of sp³-hybridized carbons (Fsp3) is 0.250. The summed E-state index contributed by atoms with van der Waals surface area (Å²) in [7, 11) is 0. The van der Waals surface area contributed by atoms with Crippen LogP contribution in [0.25, 0.3) is 21.9 Å². The SMILES string of the molecule is CCc1ccc(N(I)c2cccc3c2oc2c(C(C)(C)C)cccc23)cc1. The van der Waals surface area contributed by atoms with E-state index < -0.39 is 0 Å². The lowest BCUT2D eigenvalue weighted by Gasteiger charge is -2.19. The molecule has 0 atom stereocenters. The third kappa shape index (κ3) is 3.22. The fourth-order valence-corrected chi connectivity index (χ4v) is 4.25. The molecule has 0 spiro atoms. The molecular weight excluding hydrogens is 445 g/mol. The Morgan fingerprint density at radius 3 is 2.11 bits per heavy atom. The number of furan rings is 1. The minimum atomic E-state index is 0.0353. The molecule has 0 bridgehead atoms. The van der Waals surface area contributed by atoms with Gasteiger partial charge in [0.2, 0.25) is 0 Å². The topological polar surface area (TPSA) is 16.4 Å². The Bertz CT molecular complexity index is 1100. The van der Waals surface area contributed by atoms with Crippen LogP contribution in [0.4, 0.5) is 11.4 Å². The maximum atomic E-state index is 6.48. The lowest BCUT2D eigenvalue weighted by molar-refractivity contribution is 0.573. The molecule has 1 aromatic heterocycles. The smallest absolute Gasteiger partial charge is 0.159 e. The normalized spacial score (nSPS) is 12.0. The Kier molecular flexibility index (Phi) is 4.66. The van der Waals surface area contributed by atoms with Crippen molar-refractivity contribution in [2.24, 2.45) is 0 Å². The average Bonchev–Trinajstić information content (AvgIpc) is 3.05. The van der Waals surface area contributed by atoms with Gasteiger partial charge in [-0.3, -0.25) is 3.11 Å². The molecule has 4 aromatic rings. The Labute approximate surface area is 174 Å². The first-order valence-corrected chi connectivity index (χ1v) is 10.4. The molecule has 3 aromatic carbocycles. The quantitative estimate of drug-likeness (QED) is 0.224. The predicted molar refractivity (Wildman–Crippen MR) is 124 cm³/mol. The Hall–Kier alpha value is -2.01. The van der Waals surface area contributed by atoms with E-state index in [1.807, 2.05) is 0 Å². The van der Waals surface area contributed by atoms with Gasteiger partial charge in [0, 0.05) is 16.3 Å². The van der Waals surface area contributed by atoms with E-state index in [1.54, 1.807) is 0 Å². The first-order valence-electron chi connectivity index (χ1n) is 9.39. The Balaban J connectivity index is 1.91. The van der Waals surface area contributed by atoms with E-state index in [1.165, 1.54) is 21.9 Å². The zero-order valence-electron chi connectivity index (χ0n) is 16.2. The van der Waals surface area contributed by atoms with Crippen molar-refractivity contribution in [1.29, 1.82) is 0 Å². The van der Waals surface area contributed by atoms with Crippen LogP contribution in [0.5, 0.6) is 0 Å². The number of fused-ring (bicyclic) bond motifs is 3. The monoisotopic (exact) mass is 469 g/mol. The molecule has 3 heteroatoms. The molecule has 0 saturated heterocycles. The molecule has 0 unspecified atom stereocenters. The van der Waals surface area contributed by atoms with Crippen molar-refractivity contribution in [2.45, 2.75) is 39.5 Å². The van der Waals surface area contributed by atoms with E-state index in [0.29, 0.717) is 0 Å². The van der Waals surface area contributed by atoms with Gasteiger partial charge in [-0.1, -0.05) is 70.2 Å². The van der Waals surface area contributed by atoms with Gasteiger partial charge in [0.05, 0.1) is 34.2 Å². The van der Waals surface area contributed by atoms with Crippen molar-refractivity contribution in [2.75, 3.05) is 3.11 Å². The van der Waals surface area contributed by atoms with Crippen molar-refractivity contribution in [3.8, 4) is 0 Å². The van der Waals surface area contributed by atoms with Gasteiger partial charge in [0.1, 0.15) is 5.58 Å². The first-order chi connectivity index (χ1) is 12.9. The third-order valence-corrected chi connectivity index (χ3v) is 6.17. The fourth-order valence-electron chi connectivity index (χ4n) is 3.55. The summed E-state index contributed by atoms with van der Waals surface area (Å²) < 4.78 is 8.66. The van der Waals surface area contributed by atoms with E-state index in [0.717, 1.165) is 29.0 Å². The summed E-state index contributed by atoms with van der Waals surface area (Å²) in [5.74, 6) is 0. The van der Waals surface area contributed by atoms with Crippen LogP contribution in [0.15, 0.2) is 65.1 Å². The molecule has 0 amide bonds. The number of benzene rings is 3. The molecule has 0 N–H and O–H groups in total. The summed E-state index contributed by atoms with van der Waals surface area (Å²) >= 11 is 2.37. The van der Waals surface area contributed by atoms with Gasteiger partial charge in [0.25, 0.3) is 0 Å². The van der Waals surface area contributed by atoms with Crippen LogP contribution in [0.3, 0.4) is 0 Å². The molecule has 0 aliphatic rings. The maximum absolute atomic E-state index is 6.48. The van der Waals surface area contributed by atoms with Crippen LogP contribution in [0, 0.1) is 0 Å². The van der Waals surface area contributed by atoms with Gasteiger partial charge in [0.15, 0.2) is 5.58 Å². The summed E-state index contributed by atoms with van der Waals surface area (Å²) in [6, 6.07) is 21.6. The second-order valence-electron chi connectivity index (χ2n) is 7.99. The van der Waals surface area contributed by atoms with Gasteiger partial charge in [-0.05, 0) is 35.6 Å². The number of hydrogen-bond donors (Lipinski definition) is 0. The van der Waals surface area contributed by atoms with E-state index in [9.17, 15) is 0 Å². The van der Waals surface area contributed by atoms with Crippen LogP contribution in [0.1, 0.15) is 38.8 Å². The highest BCUT2D eigenvalue weighted by molar-refractivity contribution is 14.1.